The fraction of sp³-hybridized carbons (Fsp3) is 0.688. The molecule has 2 N–H and O–H groups in total. The van der Waals surface area contributed by atoms with Gasteiger partial charge in [-0.2, -0.15) is 0 Å². The summed E-state index contributed by atoms with van der Waals surface area (Å²) in [6, 6.07) is 1.95. The van der Waals surface area contributed by atoms with Crippen LogP contribution in [0.1, 0.15) is 45.6 Å². The number of aromatic nitrogens is 1. The van der Waals surface area contributed by atoms with Crippen molar-refractivity contribution in [1.82, 2.24) is 4.98 Å². The predicted molar refractivity (Wildman–Crippen MR) is 79.1 cm³/mol. The Hall–Kier alpha value is -1.25. The zero-order chi connectivity index (χ0) is 14.0. The molecule has 0 bridgehead atoms. The molecule has 1 aromatic rings. The minimum Gasteiger partial charge on any atom is -0.474 e. The fourth-order valence-electron chi connectivity index (χ4n) is 3.01. The van der Waals surface area contributed by atoms with Crippen molar-refractivity contribution in [2.45, 2.75) is 53.1 Å². The molecule has 3 atom stereocenters. The highest BCUT2D eigenvalue weighted by atomic mass is 16.5. The predicted octanol–water partition coefficient (Wildman–Crippen LogP) is 3.81. The molecule has 19 heavy (non-hydrogen) atoms. The molecule has 1 saturated carbocycles. The van der Waals surface area contributed by atoms with E-state index in [2.05, 4.69) is 25.8 Å². The molecule has 0 aromatic carbocycles. The topological polar surface area (TPSA) is 48.1 Å². The van der Waals surface area contributed by atoms with Crippen molar-refractivity contribution in [2.24, 2.45) is 17.8 Å². The summed E-state index contributed by atoms with van der Waals surface area (Å²) in [7, 11) is 0. The average Bonchev–Trinajstić information content (AvgIpc) is 2.33. The van der Waals surface area contributed by atoms with E-state index in [9.17, 15) is 0 Å². The van der Waals surface area contributed by atoms with Gasteiger partial charge in [0.25, 0.3) is 0 Å². The smallest absolute Gasteiger partial charge is 0.213 e. The maximum absolute atomic E-state index is 6.17. The first-order valence-electron chi connectivity index (χ1n) is 7.36. The molecule has 1 aliphatic rings. The molecule has 1 aliphatic carbocycles. The number of hydrogen-bond donors (Lipinski definition) is 1. The standard InChI is InChI=1S/C16H26N2O/c1-10(2)13-6-5-11(3)7-15(13)19-16-8-12(4)14(17)9-18-16/h8-11,13,15H,5-7,17H2,1-4H3. The SMILES string of the molecule is Cc1cc(OC2CC(C)CCC2C(C)C)ncc1N. The lowest BCUT2D eigenvalue weighted by molar-refractivity contribution is 0.0426. The molecule has 0 spiro atoms. The van der Waals surface area contributed by atoms with Gasteiger partial charge in [-0.3, -0.25) is 0 Å². The van der Waals surface area contributed by atoms with E-state index in [1.54, 1.807) is 6.20 Å². The largest absolute Gasteiger partial charge is 0.474 e. The molecule has 0 saturated heterocycles. The first-order chi connectivity index (χ1) is 8.97. The van der Waals surface area contributed by atoms with Gasteiger partial charge in [0, 0.05) is 6.07 Å². The number of hydrogen-bond acceptors (Lipinski definition) is 3. The lowest BCUT2D eigenvalue weighted by atomic mass is 9.75. The van der Waals surface area contributed by atoms with Crippen LogP contribution in [0.25, 0.3) is 0 Å². The summed E-state index contributed by atoms with van der Waals surface area (Å²) in [5.41, 5.74) is 7.57. The van der Waals surface area contributed by atoms with Gasteiger partial charge in [-0.15, -0.1) is 0 Å². The molecule has 106 valence electrons. The Labute approximate surface area is 116 Å². The molecule has 1 aromatic heterocycles. The molecule has 0 radical (unpaired) electrons. The third-order valence-electron chi connectivity index (χ3n) is 4.36. The number of rotatable bonds is 3. The Kier molecular flexibility index (Phi) is 4.33. The Morgan fingerprint density at radius 1 is 1.37 bits per heavy atom. The number of nitrogens with two attached hydrogens (primary N) is 1. The first-order valence-corrected chi connectivity index (χ1v) is 7.36. The summed E-state index contributed by atoms with van der Waals surface area (Å²) in [5, 5.41) is 0. The van der Waals surface area contributed by atoms with Crippen LogP contribution in [-0.2, 0) is 0 Å². The zero-order valence-electron chi connectivity index (χ0n) is 12.5. The lowest BCUT2D eigenvalue weighted by Gasteiger charge is -2.37. The molecule has 3 unspecified atom stereocenters. The minimum atomic E-state index is 0.291. The second-order valence-corrected chi connectivity index (χ2v) is 6.36. The van der Waals surface area contributed by atoms with E-state index in [1.807, 2.05) is 13.0 Å². The summed E-state index contributed by atoms with van der Waals surface area (Å²) in [6.45, 7) is 8.89. The number of aryl methyl sites for hydroxylation is 1. The summed E-state index contributed by atoms with van der Waals surface area (Å²) in [5.74, 6) is 2.76. The number of pyridine rings is 1. The third-order valence-corrected chi connectivity index (χ3v) is 4.36. The maximum atomic E-state index is 6.17. The van der Waals surface area contributed by atoms with Crippen LogP contribution in [0.2, 0.25) is 0 Å². The molecular weight excluding hydrogens is 236 g/mol. The summed E-state index contributed by atoms with van der Waals surface area (Å²) >= 11 is 0. The van der Waals surface area contributed by atoms with E-state index < -0.39 is 0 Å². The number of nitrogens with zero attached hydrogens (tertiary/aromatic N) is 1. The van der Waals surface area contributed by atoms with Crippen molar-refractivity contribution < 1.29 is 4.74 Å². The highest BCUT2D eigenvalue weighted by Gasteiger charge is 2.32. The molecule has 0 amide bonds. The second-order valence-electron chi connectivity index (χ2n) is 6.36. The Morgan fingerprint density at radius 3 is 2.74 bits per heavy atom. The van der Waals surface area contributed by atoms with Gasteiger partial charge in [0.05, 0.1) is 11.9 Å². The van der Waals surface area contributed by atoms with Crippen LogP contribution in [0.5, 0.6) is 5.88 Å². The van der Waals surface area contributed by atoms with E-state index in [1.165, 1.54) is 12.8 Å². The zero-order valence-corrected chi connectivity index (χ0v) is 12.5. The highest BCUT2D eigenvalue weighted by molar-refractivity contribution is 5.45. The fourth-order valence-corrected chi connectivity index (χ4v) is 3.01. The number of nitrogen functional groups attached to an aromatic ring is 1. The quantitative estimate of drug-likeness (QED) is 0.901. The van der Waals surface area contributed by atoms with Crippen molar-refractivity contribution in [2.75, 3.05) is 5.73 Å². The molecule has 0 aliphatic heterocycles. The molecule has 3 heteroatoms. The van der Waals surface area contributed by atoms with E-state index in [0.29, 0.717) is 17.9 Å². The van der Waals surface area contributed by atoms with E-state index in [0.717, 1.165) is 29.5 Å². The van der Waals surface area contributed by atoms with Crippen molar-refractivity contribution in [3.63, 3.8) is 0 Å². The van der Waals surface area contributed by atoms with Gasteiger partial charge in [-0.05, 0) is 43.1 Å². The molecule has 3 nitrogen and oxygen atoms in total. The van der Waals surface area contributed by atoms with Crippen LogP contribution in [0.15, 0.2) is 12.3 Å². The van der Waals surface area contributed by atoms with Gasteiger partial charge >= 0.3 is 0 Å². The van der Waals surface area contributed by atoms with Crippen LogP contribution in [0.3, 0.4) is 0 Å². The highest BCUT2D eigenvalue weighted by Crippen LogP contribution is 2.35. The van der Waals surface area contributed by atoms with Crippen LogP contribution >= 0.6 is 0 Å². The van der Waals surface area contributed by atoms with Crippen molar-refractivity contribution in [3.8, 4) is 5.88 Å². The normalized spacial score (nSPS) is 27.5. The van der Waals surface area contributed by atoms with Crippen LogP contribution in [0.4, 0.5) is 5.69 Å². The van der Waals surface area contributed by atoms with E-state index in [-0.39, 0.29) is 0 Å². The molecular formula is C16H26N2O. The molecule has 2 rings (SSSR count). The summed E-state index contributed by atoms with van der Waals surface area (Å²) < 4.78 is 6.17. The summed E-state index contributed by atoms with van der Waals surface area (Å²) in [6.07, 6.45) is 5.70. The van der Waals surface area contributed by atoms with Crippen molar-refractivity contribution in [1.29, 1.82) is 0 Å². The monoisotopic (exact) mass is 262 g/mol. The number of anilines is 1. The van der Waals surface area contributed by atoms with Gasteiger partial charge in [0.2, 0.25) is 5.88 Å². The van der Waals surface area contributed by atoms with E-state index in [4.69, 9.17) is 10.5 Å². The average molecular weight is 262 g/mol. The molecule has 1 fully saturated rings. The van der Waals surface area contributed by atoms with Crippen LogP contribution < -0.4 is 10.5 Å². The second kappa shape index (κ2) is 5.81. The number of ether oxygens (including phenoxy) is 1. The van der Waals surface area contributed by atoms with Crippen LogP contribution in [0, 0.1) is 24.7 Å². The van der Waals surface area contributed by atoms with Gasteiger partial charge in [0.15, 0.2) is 0 Å². The lowest BCUT2D eigenvalue weighted by Crippen LogP contribution is -2.36. The first kappa shape index (κ1) is 14.2. The van der Waals surface area contributed by atoms with Crippen LogP contribution in [-0.4, -0.2) is 11.1 Å². The Morgan fingerprint density at radius 2 is 2.11 bits per heavy atom. The van der Waals surface area contributed by atoms with Crippen molar-refractivity contribution in [3.05, 3.63) is 17.8 Å². The van der Waals surface area contributed by atoms with Crippen molar-refractivity contribution >= 4 is 5.69 Å². The van der Waals surface area contributed by atoms with E-state index >= 15 is 0 Å². The minimum absolute atomic E-state index is 0.291. The molecule has 1 heterocycles. The van der Waals surface area contributed by atoms with Gasteiger partial charge in [-0.25, -0.2) is 4.98 Å². The van der Waals surface area contributed by atoms with Gasteiger partial charge < -0.3 is 10.5 Å². The van der Waals surface area contributed by atoms with Gasteiger partial charge in [-0.1, -0.05) is 27.2 Å². The summed E-state index contributed by atoms with van der Waals surface area (Å²) in [4.78, 5) is 4.30. The van der Waals surface area contributed by atoms with Gasteiger partial charge in [0.1, 0.15) is 6.10 Å². The maximum Gasteiger partial charge on any atom is 0.213 e. The Balaban J connectivity index is 2.11. The Bertz CT molecular complexity index is 431. The third kappa shape index (κ3) is 3.40.